The van der Waals surface area contributed by atoms with Crippen LogP contribution in [-0.4, -0.2) is 11.1 Å². The Bertz CT molecular complexity index is 190. The molecule has 0 bridgehead atoms. The monoisotopic (exact) mass is 168 g/mol. The zero-order chi connectivity index (χ0) is 9.40. The lowest BCUT2D eigenvalue weighted by Gasteiger charge is -1.95. The second kappa shape index (κ2) is 6.65. The third kappa shape index (κ3) is 7.06. The molecular formula is C10H16O2. The predicted molar refractivity (Wildman–Crippen MR) is 50.1 cm³/mol. The summed E-state index contributed by atoms with van der Waals surface area (Å²) in [6.07, 6.45) is 7.95. The van der Waals surface area contributed by atoms with Crippen molar-refractivity contribution in [2.24, 2.45) is 0 Å². The van der Waals surface area contributed by atoms with Crippen molar-refractivity contribution < 1.29 is 9.90 Å². The van der Waals surface area contributed by atoms with E-state index in [9.17, 15) is 4.79 Å². The van der Waals surface area contributed by atoms with Gasteiger partial charge >= 0.3 is 5.97 Å². The summed E-state index contributed by atoms with van der Waals surface area (Å²) in [6, 6.07) is 0. The molecule has 0 aromatic rings. The summed E-state index contributed by atoms with van der Waals surface area (Å²) in [5.41, 5.74) is 1.15. The zero-order valence-electron chi connectivity index (χ0n) is 7.71. The lowest BCUT2D eigenvalue weighted by Crippen LogP contribution is -1.91. The maximum Gasteiger partial charge on any atom is 0.307 e. The van der Waals surface area contributed by atoms with Gasteiger partial charge in [0.25, 0.3) is 0 Å². The van der Waals surface area contributed by atoms with E-state index in [4.69, 9.17) is 5.11 Å². The molecule has 0 unspecified atom stereocenters. The van der Waals surface area contributed by atoms with Gasteiger partial charge in [-0.3, -0.25) is 4.79 Å². The van der Waals surface area contributed by atoms with Gasteiger partial charge in [0.05, 0.1) is 6.42 Å². The van der Waals surface area contributed by atoms with Gasteiger partial charge in [0.1, 0.15) is 0 Å². The number of carboxylic acids is 1. The van der Waals surface area contributed by atoms with Crippen LogP contribution in [-0.2, 0) is 4.79 Å². The van der Waals surface area contributed by atoms with Gasteiger partial charge in [-0.1, -0.05) is 23.8 Å². The molecule has 0 radical (unpaired) electrons. The second-order valence-electron chi connectivity index (χ2n) is 2.76. The fourth-order valence-electron chi connectivity index (χ4n) is 0.841. The van der Waals surface area contributed by atoms with Crippen LogP contribution in [0.3, 0.4) is 0 Å². The highest BCUT2D eigenvalue weighted by atomic mass is 16.4. The van der Waals surface area contributed by atoms with Gasteiger partial charge in [-0.2, -0.15) is 0 Å². The van der Waals surface area contributed by atoms with Crippen molar-refractivity contribution in [2.45, 2.75) is 33.1 Å². The first-order valence-corrected chi connectivity index (χ1v) is 4.15. The third-order valence-corrected chi connectivity index (χ3v) is 1.57. The molecule has 0 aromatic heterocycles. The van der Waals surface area contributed by atoms with Crippen LogP contribution in [0.4, 0.5) is 0 Å². The molecule has 0 amide bonds. The number of hydrogen-bond donors (Lipinski definition) is 1. The molecule has 2 nitrogen and oxygen atoms in total. The number of allylic oxidation sites excluding steroid dienone is 3. The van der Waals surface area contributed by atoms with Gasteiger partial charge < -0.3 is 5.11 Å². The molecular weight excluding hydrogens is 152 g/mol. The summed E-state index contributed by atoms with van der Waals surface area (Å²) in [5, 5.41) is 8.38. The van der Waals surface area contributed by atoms with Crippen molar-refractivity contribution in [3.05, 3.63) is 23.8 Å². The van der Waals surface area contributed by atoms with Gasteiger partial charge in [-0.25, -0.2) is 0 Å². The molecule has 2 heteroatoms. The highest BCUT2D eigenvalue weighted by Gasteiger charge is 1.92. The normalized spacial score (nSPS) is 12.3. The molecule has 0 aliphatic rings. The summed E-state index contributed by atoms with van der Waals surface area (Å²) < 4.78 is 0. The van der Waals surface area contributed by atoms with E-state index in [-0.39, 0.29) is 6.42 Å². The first kappa shape index (κ1) is 11.0. The quantitative estimate of drug-likeness (QED) is 0.641. The lowest BCUT2D eigenvalue weighted by atomic mass is 10.1. The minimum atomic E-state index is -0.764. The number of carbonyl (C=O) groups is 1. The Morgan fingerprint density at radius 3 is 2.67 bits per heavy atom. The van der Waals surface area contributed by atoms with Crippen LogP contribution in [0.5, 0.6) is 0 Å². The van der Waals surface area contributed by atoms with Crippen LogP contribution in [0.25, 0.3) is 0 Å². The van der Waals surface area contributed by atoms with Crippen molar-refractivity contribution in [3.8, 4) is 0 Å². The van der Waals surface area contributed by atoms with Gasteiger partial charge in [0.15, 0.2) is 0 Å². The largest absolute Gasteiger partial charge is 0.481 e. The SMILES string of the molecule is C/C=C/CC/C(C)=C/CC(=O)O. The molecule has 0 atom stereocenters. The smallest absolute Gasteiger partial charge is 0.307 e. The van der Waals surface area contributed by atoms with Crippen LogP contribution in [0.1, 0.15) is 33.1 Å². The van der Waals surface area contributed by atoms with Crippen LogP contribution in [0.2, 0.25) is 0 Å². The lowest BCUT2D eigenvalue weighted by molar-refractivity contribution is -0.136. The maximum absolute atomic E-state index is 10.2. The third-order valence-electron chi connectivity index (χ3n) is 1.57. The molecule has 12 heavy (non-hydrogen) atoms. The molecule has 0 aliphatic heterocycles. The standard InChI is InChI=1S/C10H16O2/c1-3-4-5-6-9(2)7-8-10(11)12/h3-4,7H,5-6,8H2,1-2H3,(H,11,12)/b4-3+,9-7+. The minimum absolute atomic E-state index is 0.141. The van der Waals surface area contributed by atoms with Crippen molar-refractivity contribution in [2.75, 3.05) is 0 Å². The molecule has 0 rings (SSSR count). The van der Waals surface area contributed by atoms with E-state index in [0.717, 1.165) is 18.4 Å². The molecule has 68 valence electrons. The van der Waals surface area contributed by atoms with Crippen molar-refractivity contribution in [1.29, 1.82) is 0 Å². The minimum Gasteiger partial charge on any atom is -0.481 e. The van der Waals surface area contributed by atoms with Crippen LogP contribution in [0.15, 0.2) is 23.8 Å². The van der Waals surface area contributed by atoms with Crippen LogP contribution < -0.4 is 0 Å². The van der Waals surface area contributed by atoms with E-state index in [1.807, 2.05) is 19.9 Å². The van der Waals surface area contributed by atoms with E-state index in [2.05, 4.69) is 6.08 Å². The Hall–Kier alpha value is -1.05. The topological polar surface area (TPSA) is 37.3 Å². The van der Waals surface area contributed by atoms with Gasteiger partial charge in [-0.05, 0) is 26.7 Å². The Morgan fingerprint density at radius 2 is 2.17 bits per heavy atom. The predicted octanol–water partition coefficient (Wildman–Crippen LogP) is 2.76. The zero-order valence-corrected chi connectivity index (χ0v) is 7.71. The van der Waals surface area contributed by atoms with E-state index in [1.165, 1.54) is 0 Å². The Labute approximate surface area is 73.6 Å². The summed E-state index contributed by atoms with van der Waals surface area (Å²) >= 11 is 0. The Balaban J connectivity index is 3.62. The number of aliphatic carboxylic acids is 1. The highest BCUT2D eigenvalue weighted by molar-refractivity contribution is 5.68. The van der Waals surface area contributed by atoms with E-state index < -0.39 is 5.97 Å². The Morgan fingerprint density at radius 1 is 1.50 bits per heavy atom. The second-order valence-corrected chi connectivity index (χ2v) is 2.76. The van der Waals surface area contributed by atoms with Gasteiger partial charge in [0, 0.05) is 0 Å². The van der Waals surface area contributed by atoms with Crippen molar-refractivity contribution >= 4 is 5.97 Å². The summed E-state index contributed by atoms with van der Waals surface area (Å²) in [4.78, 5) is 10.2. The molecule has 0 heterocycles. The van der Waals surface area contributed by atoms with Crippen molar-refractivity contribution in [1.82, 2.24) is 0 Å². The van der Waals surface area contributed by atoms with Crippen LogP contribution >= 0.6 is 0 Å². The van der Waals surface area contributed by atoms with Gasteiger partial charge in [0.2, 0.25) is 0 Å². The average Bonchev–Trinajstić information content (AvgIpc) is 2.01. The summed E-state index contributed by atoms with van der Waals surface area (Å²) in [6.45, 7) is 3.95. The van der Waals surface area contributed by atoms with E-state index >= 15 is 0 Å². The number of carboxylic acid groups (broad SMARTS) is 1. The fourth-order valence-corrected chi connectivity index (χ4v) is 0.841. The van der Waals surface area contributed by atoms with Crippen LogP contribution in [0, 0.1) is 0 Å². The molecule has 0 aliphatic carbocycles. The maximum atomic E-state index is 10.2. The Kier molecular flexibility index (Phi) is 6.07. The fraction of sp³-hybridized carbons (Fsp3) is 0.500. The van der Waals surface area contributed by atoms with Crippen molar-refractivity contribution in [3.63, 3.8) is 0 Å². The highest BCUT2D eigenvalue weighted by Crippen LogP contribution is 2.05. The molecule has 0 spiro atoms. The molecule has 0 aromatic carbocycles. The number of hydrogen-bond acceptors (Lipinski definition) is 1. The molecule has 1 N–H and O–H groups in total. The summed E-state index contributed by atoms with van der Waals surface area (Å²) in [5.74, 6) is -0.764. The van der Waals surface area contributed by atoms with E-state index in [1.54, 1.807) is 6.08 Å². The van der Waals surface area contributed by atoms with Gasteiger partial charge in [-0.15, -0.1) is 0 Å². The number of rotatable bonds is 5. The summed E-state index contributed by atoms with van der Waals surface area (Å²) in [7, 11) is 0. The molecule has 0 fully saturated rings. The molecule has 0 saturated carbocycles. The molecule has 0 saturated heterocycles. The average molecular weight is 168 g/mol. The first-order chi connectivity index (χ1) is 5.66. The van der Waals surface area contributed by atoms with E-state index in [0.29, 0.717) is 0 Å². The first-order valence-electron chi connectivity index (χ1n) is 4.15.